The van der Waals surface area contributed by atoms with Crippen LogP contribution in [0.3, 0.4) is 0 Å². The Morgan fingerprint density at radius 3 is 2.40 bits per heavy atom. The average molecular weight is 335 g/mol. The van der Waals surface area contributed by atoms with Crippen molar-refractivity contribution in [1.29, 1.82) is 0 Å². The normalized spacial score (nSPS) is 15.9. The highest BCUT2D eigenvalue weighted by Crippen LogP contribution is 2.30. The molecule has 3 heterocycles. The fraction of sp³-hybridized carbons (Fsp3) is 0.400. The molecule has 0 amide bonds. The third kappa shape index (κ3) is 2.89. The summed E-state index contributed by atoms with van der Waals surface area (Å²) >= 11 is 0. The van der Waals surface area contributed by atoms with Gasteiger partial charge in [0.15, 0.2) is 5.65 Å². The van der Waals surface area contributed by atoms with Crippen LogP contribution in [-0.2, 0) is 0 Å². The Hall–Kier alpha value is -2.40. The third-order valence-electron chi connectivity index (χ3n) is 5.08. The maximum atomic E-state index is 4.84. The topological polar surface area (TPSA) is 36.7 Å². The molecule has 1 saturated heterocycles. The number of hydrogen-bond donors (Lipinski definition) is 0. The van der Waals surface area contributed by atoms with Gasteiger partial charge in [0.2, 0.25) is 0 Å². The van der Waals surface area contributed by atoms with Crippen LogP contribution < -0.4 is 4.90 Å². The summed E-state index contributed by atoms with van der Waals surface area (Å²) in [6.07, 6.45) is 0. The van der Waals surface area contributed by atoms with E-state index >= 15 is 0 Å². The highest BCUT2D eigenvalue weighted by atomic mass is 15.4. The van der Waals surface area contributed by atoms with Crippen LogP contribution in [0.1, 0.15) is 18.3 Å². The summed E-state index contributed by atoms with van der Waals surface area (Å²) in [7, 11) is 0. The van der Waals surface area contributed by atoms with Crippen LogP contribution in [0, 0.1) is 13.8 Å². The Balaban J connectivity index is 1.82. The Morgan fingerprint density at radius 2 is 1.72 bits per heavy atom. The number of benzene rings is 1. The first-order chi connectivity index (χ1) is 12.2. The number of likely N-dealkylation sites (N-methyl/N-ethyl adjacent to an activating group) is 1. The van der Waals surface area contributed by atoms with E-state index in [4.69, 9.17) is 10.1 Å². The molecule has 1 aliphatic heterocycles. The molecule has 0 radical (unpaired) electrons. The van der Waals surface area contributed by atoms with Gasteiger partial charge < -0.3 is 9.80 Å². The summed E-state index contributed by atoms with van der Waals surface area (Å²) in [5, 5.41) is 4.84. The molecule has 3 aromatic rings. The van der Waals surface area contributed by atoms with Crippen LogP contribution in [0.25, 0.3) is 16.8 Å². The van der Waals surface area contributed by atoms with Crippen molar-refractivity contribution in [1.82, 2.24) is 19.5 Å². The Labute approximate surface area is 148 Å². The monoisotopic (exact) mass is 335 g/mol. The minimum Gasteiger partial charge on any atom is -0.354 e. The predicted octanol–water partition coefficient (Wildman–Crippen LogP) is 3.16. The summed E-state index contributed by atoms with van der Waals surface area (Å²) < 4.78 is 2.03. The summed E-state index contributed by atoms with van der Waals surface area (Å²) in [6.45, 7) is 11.8. The molecule has 2 aromatic heterocycles. The zero-order chi connectivity index (χ0) is 17.4. The molecule has 1 aromatic carbocycles. The molecule has 0 unspecified atom stereocenters. The van der Waals surface area contributed by atoms with E-state index in [0.29, 0.717) is 0 Å². The second-order valence-electron chi connectivity index (χ2n) is 6.74. The van der Waals surface area contributed by atoms with Crippen molar-refractivity contribution in [2.24, 2.45) is 0 Å². The number of hydrogen-bond acceptors (Lipinski definition) is 4. The lowest BCUT2D eigenvalue weighted by atomic mass is 10.1. The van der Waals surface area contributed by atoms with E-state index in [1.165, 1.54) is 5.56 Å². The minimum atomic E-state index is 0.955. The fourth-order valence-corrected chi connectivity index (χ4v) is 3.69. The lowest BCUT2D eigenvalue weighted by Gasteiger charge is -2.35. The highest BCUT2D eigenvalue weighted by molar-refractivity contribution is 5.81. The fourth-order valence-electron chi connectivity index (χ4n) is 3.69. The van der Waals surface area contributed by atoms with E-state index in [9.17, 15) is 0 Å². The minimum absolute atomic E-state index is 0.955. The van der Waals surface area contributed by atoms with Gasteiger partial charge in [0, 0.05) is 43.5 Å². The lowest BCUT2D eigenvalue weighted by molar-refractivity contribution is 0.270. The molecule has 0 spiro atoms. The second-order valence-corrected chi connectivity index (χ2v) is 6.74. The number of aromatic nitrogens is 3. The summed E-state index contributed by atoms with van der Waals surface area (Å²) in [5.74, 6) is 1.16. The highest BCUT2D eigenvalue weighted by Gasteiger charge is 2.21. The van der Waals surface area contributed by atoms with E-state index in [2.05, 4.69) is 60.9 Å². The van der Waals surface area contributed by atoms with Gasteiger partial charge in [-0.15, -0.1) is 0 Å². The smallest absolute Gasteiger partial charge is 0.165 e. The number of fused-ring (bicyclic) bond motifs is 1. The number of aryl methyl sites for hydroxylation is 2. The molecule has 0 saturated carbocycles. The SMILES string of the molecule is CCN1CCN(c2cc(C)nc3c(-c4ccccc4)c(C)nn23)CC1. The van der Waals surface area contributed by atoms with Crippen molar-refractivity contribution in [3.8, 4) is 11.1 Å². The Morgan fingerprint density at radius 1 is 1.00 bits per heavy atom. The average Bonchev–Trinajstić information content (AvgIpc) is 2.97. The zero-order valence-corrected chi connectivity index (χ0v) is 15.2. The van der Waals surface area contributed by atoms with Crippen LogP contribution in [0.2, 0.25) is 0 Å². The number of piperazine rings is 1. The number of rotatable bonds is 3. The van der Waals surface area contributed by atoms with Gasteiger partial charge in [0.25, 0.3) is 0 Å². The first-order valence-corrected chi connectivity index (χ1v) is 9.07. The van der Waals surface area contributed by atoms with Gasteiger partial charge >= 0.3 is 0 Å². The van der Waals surface area contributed by atoms with Crippen LogP contribution in [0.5, 0.6) is 0 Å². The van der Waals surface area contributed by atoms with Crippen molar-refractivity contribution < 1.29 is 0 Å². The third-order valence-corrected chi connectivity index (χ3v) is 5.08. The molecule has 0 N–H and O–H groups in total. The Kier molecular flexibility index (Phi) is 4.17. The zero-order valence-electron chi connectivity index (χ0n) is 15.2. The molecule has 5 heteroatoms. The molecule has 1 aliphatic rings. The van der Waals surface area contributed by atoms with Crippen LogP contribution in [0.15, 0.2) is 36.4 Å². The van der Waals surface area contributed by atoms with E-state index in [1.807, 2.05) is 10.6 Å². The molecular weight excluding hydrogens is 310 g/mol. The van der Waals surface area contributed by atoms with E-state index in [-0.39, 0.29) is 0 Å². The first-order valence-electron chi connectivity index (χ1n) is 9.07. The van der Waals surface area contributed by atoms with Gasteiger partial charge in [-0.25, -0.2) is 4.98 Å². The second kappa shape index (κ2) is 6.48. The maximum Gasteiger partial charge on any atom is 0.165 e. The summed E-state index contributed by atoms with van der Waals surface area (Å²) in [4.78, 5) is 9.75. The standard InChI is InChI=1S/C20H25N5/c1-4-23-10-12-24(13-11-23)18-14-15(2)21-20-19(16(3)22-25(18)20)17-8-6-5-7-9-17/h5-9,14H,4,10-13H2,1-3H3. The van der Waals surface area contributed by atoms with Gasteiger partial charge in [-0.2, -0.15) is 9.61 Å². The van der Waals surface area contributed by atoms with Gasteiger partial charge in [0.1, 0.15) is 5.82 Å². The molecule has 1 fully saturated rings. The van der Waals surface area contributed by atoms with E-state index in [0.717, 1.165) is 61.1 Å². The quantitative estimate of drug-likeness (QED) is 0.737. The lowest BCUT2D eigenvalue weighted by Crippen LogP contribution is -2.46. The summed E-state index contributed by atoms with van der Waals surface area (Å²) in [6, 6.07) is 12.6. The van der Waals surface area contributed by atoms with Crippen molar-refractivity contribution in [2.75, 3.05) is 37.6 Å². The molecule has 0 atom stereocenters. The van der Waals surface area contributed by atoms with Crippen molar-refractivity contribution in [3.63, 3.8) is 0 Å². The number of anilines is 1. The summed E-state index contributed by atoms with van der Waals surface area (Å²) in [5.41, 5.74) is 5.33. The molecule has 25 heavy (non-hydrogen) atoms. The molecular formula is C20H25N5. The maximum absolute atomic E-state index is 4.84. The van der Waals surface area contributed by atoms with Crippen molar-refractivity contribution in [2.45, 2.75) is 20.8 Å². The number of nitrogens with zero attached hydrogens (tertiary/aromatic N) is 5. The largest absolute Gasteiger partial charge is 0.354 e. The van der Waals surface area contributed by atoms with Crippen molar-refractivity contribution >= 4 is 11.5 Å². The van der Waals surface area contributed by atoms with Gasteiger partial charge in [-0.05, 0) is 26.0 Å². The van der Waals surface area contributed by atoms with E-state index in [1.54, 1.807) is 0 Å². The van der Waals surface area contributed by atoms with Crippen LogP contribution in [-0.4, -0.2) is 52.2 Å². The van der Waals surface area contributed by atoms with Gasteiger partial charge in [-0.3, -0.25) is 0 Å². The van der Waals surface area contributed by atoms with Gasteiger partial charge in [0.05, 0.1) is 5.69 Å². The Bertz CT molecular complexity index is 876. The van der Waals surface area contributed by atoms with E-state index < -0.39 is 0 Å². The van der Waals surface area contributed by atoms with Crippen molar-refractivity contribution in [3.05, 3.63) is 47.8 Å². The molecule has 130 valence electrons. The molecule has 0 bridgehead atoms. The first kappa shape index (κ1) is 16.1. The van der Waals surface area contributed by atoms with Crippen LogP contribution in [0.4, 0.5) is 5.82 Å². The predicted molar refractivity (Wildman–Crippen MR) is 102 cm³/mol. The van der Waals surface area contributed by atoms with Crippen LogP contribution >= 0.6 is 0 Å². The van der Waals surface area contributed by atoms with Gasteiger partial charge in [-0.1, -0.05) is 37.3 Å². The molecule has 4 rings (SSSR count). The molecule has 5 nitrogen and oxygen atoms in total. The molecule has 0 aliphatic carbocycles.